The van der Waals surface area contributed by atoms with Gasteiger partial charge in [0.2, 0.25) is 0 Å². The molecule has 2 aromatic carbocycles. The largest absolute Gasteiger partial charge is 0.497 e. The summed E-state index contributed by atoms with van der Waals surface area (Å²) in [4.78, 5) is 12.4. The van der Waals surface area contributed by atoms with E-state index in [1.54, 1.807) is 26.4 Å². The van der Waals surface area contributed by atoms with Crippen LogP contribution in [0.2, 0.25) is 0 Å². The van der Waals surface area contributed by atoms with Crippen molar-refractivity contribution in [2.24, 2.45) is 0 Å². The molecule has 0 aliphatic carbocycles. The van der Waals surface area contributed by atoms with E-state index >= 15 is 0 Å². The van der Waals surface area contributed by atoms with Gasteiger partial charge in [0.25, 0.3) is 5.91 Å². The zero-order chi connectivity index (χ0) is 20.8. The molecular formula is C22H25NO6. The van der Waals surface area contributed by atoms with Gasteiger partial charge in [-0.15, -0.1) is 0 Å². The highest BCUT2D eigenvalue weighted by Crippen LogP contribution is 2.28. The Morgan fingerprint density at radius 3 is 2.48 bits per heavy atom. The van der Waals surface area contributed by atoms with Crippen molar-refractivity contribution in [3.63, 3.8) is 0 Å². The lowest BCUT2D eigenvalue weighted by Gasteiger charge is -2.12. The number of furan rings is 1. The summed E-state index contributed by atoms with van der Waals surface area (Å²) >= 11 is 0. The van der Waals surface area contributed by atoms with Gasteiger partial charge in [0, 0.05) is 17.5 Å². The molecule has 1 atom stereocenters. The van der Waals surface area contributed by atoms with Gasteiger partial charge in [-0.2, -0.15) is 0 Å². The summed E-state index contributed by atoms with van der Waals surface area (Å²) in [5.41, 5.74) is 2.30. The van der Waals surface area contributed by atoms with Crippen molar-refractivity contribution in [1.82, 2.24) is 5.32 Å². The van der Waals surface area contributed by atoms with Gasteiger partial charge in [0.05, 0.1) is 33.5 Å². The number of carbonyl (C=O) groups is 1. The molecule has 0 aliphatic heterocycles. The van der Waals surface area contributed by atoms with Crippen molar-refractivity contribution in [3.05, 3.63) is 59.4 Å². The summed E-state index contributed by atoms with van der Waals surface area (Å²) in [5.74, 6) is 1.31. The molecule has 2 N–H and O–H groups in total. The van der Waals surface area contributed by atoms with Crippen LogP contribution >= 0.6 is 0 Å². The zero-order valence-corrected chi connectivity index (χ0v) is 16.7. The molecule has 1 heterocycles. The molecule has 29 heavy (non-hydrogen) atoms. The van der Waals surface area contributed by atoms with E-state index in [0.717, 1.165) is 22.3 Å². The smallest absolute Gasteiger partial charge is 0.287 e. The first kappa shape index (κ1) is 20.7. The number of nitrogens with one attached hydrogen (secondary N) is 1. The van der Waals surface area contributed by atoms with Crippen molar-refractivity contribution in [1.29, 1.82) is 0 Å². The summed E-state index contributed by atoms with van der Waals surface area (Å²) in [5, 5.41) is 13.6. The average Bonchev–Trinajstić information content (AvgIpc) is 3.08. The summed E-state index contributed by atoms with van der Waals surface area (Å²) in [7, 11) is 3.20. The van der Waals surface area contributed by atoms with Crippen molar-refractivity contribution in [3.8, 4) is 11.5 Å². The Kier molecular flexibility index (Phi) is 6.74. The summed E-state index contributed by atoms with van der Waals surface area (Å²) in [6.45, 7) is 2.33. The van der Waals surface area contributed by atoms with Gasteiger partial charge in [-0.3, -0.25) is 4.79 Å². The number of methoxy groups -OCH3 is 2. The van der Waals surface area contributed by atoms with E-state index in [9.17, 15) is 9.90 Å². The van der Waals surface area contributed by atoms with E-state index in [4.69, 9.17) is 18.6 Å². The number of ether oxygens (including phenoxy) is 3. The Hall–Kier alpha value is -3.03. The van der Waals surface area contributed by atoms with E-state index in [-0.39, 0.29) is 24.8 Å². The van der Waals surface area contributed by atoms with E-state index in [0.29, 0.717) is 17.9 Å². The number of aliphatic hydroxyl groups excluding tert-OH is 1. The van der Waals surface area contributed by atoms with E-state index < -0.39 is 6.10 Å². The lowest BCUT2D eigenvalue weighted by Crippen LogP contribution is -2.34. The molecule has 1 aromatic heterocycles. The molecule has 1 amide bonds. The highest BCUT2D eigenvalue weighted by Gasteiger charge is 2.19. The van der Waals surface area contributed by atoms with Crippen LogP contribution < -0.4 is 14.8 Å². The molecule has 0 fully saturated rings. The van der Waals surface area contributed by atoms with Gasteiger partial charge >= 0.3 is 0 Å². The third kappa shape index (κ3) is 5.07. The molecule has 0 spiro atoms. The molecule has 0 aliphatic rings. The average molecular weight is 399 g/mol. The van der Waals surface area contributed by atoms with Gasteiger partial charge < -0.3 is 29.1 Å². The fraction of sp³-hybridized carbons (Fsp3) is 0.318. The number of aliphatic hydroxyl groups is 1. The second kappa shape index (κ2) is 9.45. The fourth-order valence-electron chi connectivity index (χ4n) is 2.93. The number of benzene rings is 2. The van der Waals surface area contributed by atoms with E-state index in [2.05, 4.69) is 5.32 Å². The molecule has 1 unspecified atom stereocenters. The van der Waals surface area contributed by atoms with Gasteiger partial charge in [-0.1, -0.05) is 12.1 Å². The first-order valence-corrected chi connectivity index (χ1v) is 9.26. The Morgan fingerprint density at radius 2 is 1.79 bits per heavy atom. The number of carbonyl (C=O) groups excluding carboxylic acids is 1. The monoisotopic (exact) mass is 399 g/mol. The van der Waals surface area contributed by atoms with Crippen molar-refractivity contribution in [2.75, 3.05) is 27.4 Å². The standard InChI is InChI=1S/C22H25NO6/c1-14-19-10-18(27-3)8-9-20(19)29-21(14)22(25)23-11-16(24)13-28-12-15-4-6-17(26-2)7-5-15/h4-10,16,24H,11-13H2,1-3H3,(H,23,25). The third-order valence-corrected chi connectivity index (χ3v) is 4.59. The topological polar surface area (TPSA) is 90.2 Å². The molecule has 154 valence electrons. The van der Waals surface area contributed by atoms with Crippen LogP contribution in [0.1, 0.15) is 21.7 Å². The normalized spacial score (nSPS) is 12.0. The number of hydrogen-bond acceptors (Lipinski definition) is 6. The predicted molar refractivity (Wildman–Crippen MR) is 108 cm³/mol. The first-order valence-electron chi connectivity index (χ1n) is 9.26. The Labute approximate surface area is 169 Å². The zero-order valence-electron chi connectivity index (χ0n) is 16.7. The van der Waals surface area contributed by atoms with E-state index in [1.807, 2.05) is 37.3 Å². The third-order valence-electron chi connectivity index (χ3n) is 4.59. The maximum absolute atomic E-state index is 12.4. The number of rotatable bonds is 9. The highest BCUT2D eigenvalue weighted by molar-refractivity contribution is 5.99. The lowest BCUT2D eigenvalue weighted by atomic mass is 10.1. The maximum atomic E-state index is 12.4. The van der Waals surface area contributed by atoms with Gasteiger partial charge in [-0.25, -0.2) is 0 Å². The maximum Gasteiger partial charge on any atom is 0.287 e. The molecule has 7 nitrogen and oxygen atoms in total. The molecule has 3 rings (SSSR count). The molecule has 0 saturated heterocycles. The number of fused-ring (bicyclic) bond motifs is 1. The van der Waals surface area contributed by atoms with Crippen LogP contribution in [-0.2, 0) is 11.3 Å². The van der Waals surface area contributed by atoms with Crippen molar-refractivity contribution in [2.45, 2.75) is 19.6 Å². The summed E-state index contributed by atoms with van der Waals surface area (Å²) in [6.07, 6.45) is -0.832. The Morgan fingerprint density at radius 1 is 1.10 bits per heavy atom. The van der Waals surface area contributed by atoms with Gasteiger partial charge in [0.1, 0.15) is 17.1 Å². The predicted octanol–water partition coefficient (Wildman–Crippen LogP) is 3.07. The number of hydrogen-bond donors (Lipinski definition) is 2. The molecule has 0 radical (unpaired) electrons. The molecule has 0 saturated carbocycles. The SMILES string of the molecule is COc1ccc(COCC(O)CNC(=O)c2oc3ccc(OC)cc3c2C)cc1. The minimum Gasteiger partial charge on any atom is -0.497 e. The minimum absolute atomic E-state index is 0.0568. The van der Waals surface area contributed by atoms with E-state index in [1.165, 1.54) is 0 Å². The quantitative estimate of drug-likeness (QED) is 0.575. The summed E-state index contributed by atoms with van der Waals surface area (Å²) in [6, 6.07) is 12.9. The Bertz CT molecular complexity index is 963. The van der Waals surface area contributed by atoms with Crippen LogP contribution in [0.15, 0.2) is 46.9 Å². The second-order valence-electron chi connectivity index (χ2n) is 6.65. The molecule has 7 heteroatoms. The number of amides is 1. The van der Waals surface area contributed by atoms with Crippen LogP contribution in [0.3, 0.4) is 0 Å². The molecular weight excluding hydrogens is 374 g/mol. The van der Waals surface area contributed by atoms with Crippen LogP contribution in [0, 0.1) is 6.92 Å². The van der Waals surface area contributed by atoms with Gasteiger partial charge in [0.15, 0.2) is 5.76 Å². The highest BCUT2D eigenvalue weighted by atomic mass is 16.5. The molecule has 0 bridgehead atoms. The van der Waals surface area contributed by atoms with Gasteiger partial charge in [-0.05, 0) is 42.8 Å². The number of aryl methyl sites for hydroxylation is 1. The fourth-order valence-corrected chi connectivity index (χ4v) is 2.93. The van der Waals surface area contributed by atoms with Crippen LogP contribution in [-0.4, -0.2) is 44.5 Å². The van der Waals surface area contributed by atoms with Crippen LogP contribution in [0.25, 0.3) is 11.0 Å². The second-order valence-corrected chi connectivity index (χ2v) is 6.65. The lowest BCUT2D eigenvalue weighted by molar-refractivity contribution is 0.0283. The van der Waals surface area contributed by atoms with Crippen molar-refractivity contribution < 1.29 is 28.5 Å². The Balaban J connectivity index is 1.49. The molecule has 3 aromatic rings. The van der Waals surface area contributed by atoms with Crippen LogP contribution in [0.5, 0.6) is 11.5 Å². The first-order chi connectivity index (χ1) is 14.0. The summed E-state index contributed by atoms with van der Waals surface area (Å²) < 4.78 is 21.5. The van der Waals surface area contributed by atoms with Crippen molar-refractivity contribution >= 4 is 16.9 Å². The minimum atomic E-state index is -0.832. The van der Waals surface area contributed by atoms with Crippen LogP contribution in [0.4, 0.5) is 0 Å².